The highest BCUT2D eigenvalue weighted by atomic mass is 35.5. The Morgan fingerprint density at radius 2 is 1.85 bits per heavy atom. The summed E-state index contributed by atoms with van der Waals surface area (Å²) in [4.78, 5) is 24.6. The van der Waals surface area contributed by atoms with Crippen molar-refractivity contribution in [1.82, 2.24) is 0 Å². The van der Waals surface area contributed by atoms with Crippen LogP contribution in [0, 0.1) is 0 Å². The van der Waals surface area contributed by atoms with Gasteiger partial charge in [-0.1, -0.05) is 41.9 Å². The summed E-state index contributed by atoms with van der Waals surface area (Å²) in [5.41, 5.74) is 1.24. The zero-order valence-corrected chi connectivity index (χ0v) is 15.5. The third kappa shape index (κ3) is 4.15. The number of hydrogen-bond donors (Lipinski definition) is 0. The van der Waals surface area contributed by atoms with E-state index in [-0.39, 0.29) is 17.4 Å². The second-order valence-corrected chi connectivity index (χ2v) is 6.67. The van der Waals surface area contributed by atoms with E-state index in [2.05, 4.69) is 5.10 Å². The first-order valence-corrected chi connectivity index (χ1v) is 9.08. The summed E-state index contributed by atoms with van der Waals surface area (Å²) in [6.45, 7) is 1.98. The van der Waals surface area contributed by atoms with Crippen molar-refractivity contribution in [2.45, 2.75) is 6.92 Å². The van der Waals surface area contributed by atoms with Gasteiger partial charge in [0.1, 0.15) is 5.03 Å². The van der Waals surface area contributed by atoms with Crippen molar-refractivity contribution in [3.8, 4) is 0 Å². The normalized spacial score (nSPS) is 15.1. The van der Waals surface area contributed by atoms with Crippen molar-refractivity contribution in [3.05, 3.63) is 76.3 Å². The lowest BCUT2D eigenvalue weighted by molar-refractivity contribution is -0.134. The number of ketones is 1. The molecule has 5 nitrogen and oxygen atoms in total. The van der Waals surface area contributed by atoms with Crippen LogP contribution in [0.3, 0.4) is 0 Å². The van der Waals surface area contributed by atoms with Gasteiger partial charge in [0.05, 0.1) is 12.3 Å². The highest BCUT2D eigenvalue weighted by Crippen LogP contribution is 2.35. The van der Waals surface area contributed by atoms with Crippen molar-refractivity contribution in [1.29, 1.82) is 0 Å². The number of allylic oxidation sites excluding steroid dienone is 1. The molecule has 0 spiro atoms. The molecule has 0 fully saturated rings. The number of nitrogens with zero attached hydrogens (tertiary/aromatic N) is 2. The zero-order chi connectivity index (χ0) is 18.5. The summed E-state index contributed by atoms with van der Waals surface area (Å²) in [7, 11) is 0. The molecule has 1 aliphatic rings. The molecule has 132 valence electrons. The number of carbonyl (C=O) groups excluding carboxylic acids is 2. The Labute approximate surface area is 160 Å². The molecule has 3 rings (SSSR count). The van der Waals surface area contributed by atoms with Gasteiger partial charge in [-0.3, -0.25) is 4.79 Å². The Morgan fingerprint density at radius 3 is 2.50 bits per heavy atom. The molecule has 0 aromatic heterocycles. The van der Waals surface area contributed by atoms with E-state index in [1.165, 1.54) is 11.1 Å². The van der Waals surface area contributed by atoms with Gasteiger partial charge in [-0.15, -0.1) is 0 Å². The highest BCUT2D eigenvalue weighted by Gasteiger charge is 2.29. The van der Waals surface area contributed by atoms with Crippen molar-refractivity contribution in [3.63, 3.8) is 0 Å². The van der Waals surface area contributed by atoms with Gasteiger partial charge in [-0.25, -0.2) is 9.80 Å². The SMILES string of the molecule is CCOC(=O)C1=NN(c2ccc(Cl)cc2)/C(=C/C(=O)c2ccccc2)S1. The number of hydrazone groups is 1. The molecule has 0 N–H and O–H groups in total. The van der Waals surface area contributed by atoms with Gasteiger partial charge < -0.3 is 4.74 Å². The van der Waals surface area contributed by atoms with Crippen molar-refractivity contribution in [2.24, 2.45) is 5.10 Å². The number of carbonyl (C=O) groups is 2. The summed E-state index contributed by atoms with van der Waals surface area (Å²) < 4.78 is 5.02. The molecule has 2 aromatic rings. The standard InChI is InChI=1S/C19H15ClN2O3S/c1-2-25-19(24)18-21-22(15-10-8-14(20)9-11-15)17(26-18)12-16(23)13-6-4-3-5-7-13/h3-12H,2H2,1H3/b17-12-. The Morgan fingerprint density at radius 1 is 1.15 bits per heavy atom. The monoisotopic (exact) mass is 386 g/mol. The molecule has 2 aromatic carbocycles. The number of esters is 1. The Kier molecular flexibility index (Phi) is 5.75. The fourth-order valence-electron chi connectivity index (χ4n) is 2.23. The van der Waals surface area contributed by atoms with Crippen molar-refractivity contribution in [2.75, 3.05) is 11.6 Å². The van der Waals surface area contributed by atoms with Gasteiger partial charge in [0, 0.05) is 16.7 Å². The van der Waals surface area contributed by atoms with Crippen LogP contribution in [0.5, 0.6) is 0 Å². The van der Waals surface area contributed by atoms with Gasteiger partial charge in [0.25, 0.3) is 0 Å². The number of anilines is 1. The average Bonchev–Trinajstić information content (AvgIpc) is 3.07. The van der Waals surface area contributed by atoms with Crippen LogP contribution < -0.4 is 5.01 Å². The number of halogens is 1. The highest BCUT2D eigenvalue weighted by molar-refractivity contribution is 8.19. The molecule has 1 heterocycles. The maximum Gasteiger partial charge on any atom is 0.365 e. The molecule has 26 heavy (non-hydrogen) atoms. The van der Waals surface area contributed by atoms with Gasteiger partial charge in [-0.05, 0) is 43.0 Å². The minimum atomic E-state index is -0.521. The Hall–Kier alpha value is -2.57. The molecule has 0 saturated carbocycles. The van der Waals surface area contributed by atoms with Crippen LogP contribution in [-0.4, -0.2) is 23.4 Å². The van der Waals surface area contributed by atoms with E-state index in [0.29, 0.717) is 21.3 Å². The molecule has 0 bridgehead atoms. The van der Waals surface area contributed by atoms with Gasteiger partial charge >= 0.3 is 5.97 Å². The van der Waals surface area contributed by atoms with Gasteiger partial charge in [-0.2, -0.15) is 5.10 Å². The summed E-state index contributed by atoms with van der Waals surface area (Å²) in [5, 5.41) is 7.12. The summed E-state index contributed by atoms with van der Waals surface area (Å²) in [6, 6.07) is 15.9. The van der Waals surface area contributed by atoms with E-state index in [0.717, 1.165) is 11.8 Å². The van der Waals surface area contributed by atoms with E-state index in [1.54, 1.807) is 55.5 Å². The van der Waals surface area contributed by atoms with E-state index in [9.17, 15) is 9.59 Å². The predicted octanol–water partition coefficient (Wildman–Crippen LogP) is 4.49. The lowest BCUT2D eigenvalue weighted by Crippen LogP contribution is -2.13. The average molecular weight is 387 g/mol. The molecule has 0 amide bonds. The molecular weight excluding hydrogens is 372 g/mol. The molecule has 0 unspecified atom stereocenters. The minimum absolute atomic E-state index is 0.174. The van der Waals surface area contributed by atoms with Crippen LogP contribution in [0.1, 0.15) is 17.3 Å². The maximum atomic E-state index is 12.5. The number of hydrogen-bond acceptors (Lipinski definition) is 6. The molecular formula is C19H15ClN2O3S. The van der Waals surface area contributed by atoms with Gasteiger partial charge in [0.15, 0.2) is 5.78 Å². The first-order valence-electron chi connectivity index (χ1n) is 7.89. The number of ether oxygens (including phenoxy) is 1. The first-order chi connectivity index (χ1) is 12.6. The zero-order valence-electron chi connectivity index (χ0n) is 13.9. The molecule has 0 saturated heterocycles. The van der Waals surface area contributed by atoms with Crippen LogP contribution in [0.4, 0.5) is 5.69 Å². The van der Waals surface area contributed by atoms with Crippen LogP contribution in [0.25, 0.3) is 0 Å². The molecule has 0 atom stereocenters. The maximum absolute atomic E-state index is 12.5. The predicted molar refractivity (Wildman–Crippen MR) is 104 cm³/mol. The Bertz CT molecular complexity index is 879. The number of benzene rings is 2. The fraction of sp³-hybridized carbons (Fsp3) is 0.105. The quantitative estimate of drug-likeness (QED) is 0.430. The van der Waals surface area contributed by atoms with E-state index < -0.39 is 5.97 Å². The summed E-state index contributed by atoms with van der Waals surface area (Å²) >= 11 is 7.03. The molecule has 0 aliphatic carbocycles. The third-order valence-corrected chi connectivity index (χ3v) is 4.63. The lowest BCUT2D eigenvalue weighted by Gasteiger charge is -2.15. The van der Waals surface area contributed by atoms with E-state index in [1.807, 2.05) is 6.07 Å². The minimum Gasteiger partial charge on any atom is -0.461 e. The number of thioether (sulfide) groups is 1. The smallest absolute Gasteiger partial charge is 0.365 e. The fourth-order valence-corrected chi connectivity index (χ4v) is 3.22. The first kappa shape index (κ1) is 18.2. The second-order valence-electron chi connectivity index (χ2n) is 5.23. The Balaban J connectivity index is 1.94. The number of rotatable bonds is 5. The largest absolute Gasteiger partial charge is 0.461 e. The van der Waals surface area contributed by atoms with Crippen LogP contribution in [-0.2, 0) is 9.53 Å². The summed E-state index contributed by atoms with van der Waals surface area (Å²) in [6.07, 6.45) is 1.46. The van der Waals surface area contributed by atoms with Crippen molar-refractivity contribution >= 4 is 45.8 Å². The molecule has 0 radical (unpaired) electrons. The molecule has 7 heteroatoms. The van der Waals surface area contributed by atoms with Crippen molar-refractivity contribution < 1.29 is 14.3 Å². The molecule has 1 aliphatic heterocycles. The van der Waals surface area contributed by atoms with E-state index >= 15 is 0 Å². The lowest BCUT2D eigenvalue weighted by atomic mass is 10.1. The summed E-state index contributed by atoms with van der Waals surface area (Å²) in [5.74, 6) is -0.695. The second kappa shape index (κ2) is 8.21. The van der Waals surface area contributed by atoms with Gasteiger partial charge in [0.2, 0.25) is 5.04 Å². The van der Waals surface area contributed by atoms with Crippen LogP contribution in [0.15, 0.2) is 70.8 Å². The third-order valence-electron chi connectivity index (χ3n) is 3.43. The van der Waals surface area contributed by atoms with Crippen LogP contribution in [0.2, 0.25) is 5.02 Å². The topological polar surface area (TPSA) is 59.0 Å². The van der Waals surface area contributed by atoms with Crippen LogP contribution >= 0.6 is 23.4 Å². The van der Waals surface area contributed by atoms with E-state index in [4.69, 9.17) is 16.3 Å².